The van der Waals surface area contributed by atoms with Gasteiger partial charge < -0.3 is 11.5 Å². The van der Waals surface area contributed by atoms with E-state index in [-0.39, 0.29) is 0 Å². The van der Waals surface area contributed by atoms with Gasteiger partial charge in [0.25, 0.3) is 0 Å². The minimum Gasteiger partial charge on any atom is -0.330 e. The van der Waals surface area contributed by atoms with Gasteiger partial charge in [-0.25, -0.2) is 0 Å². The van der Waals surface area contributed by atoms with Crippen molar-refractivity contribution < 1.29 is 0 Å². The summed E-state index contributed by atoms with van der Waals surface area (Å²) in [6, 6.07) is 0. The molecule has 0 aromatic carbocycles. The third-order valence-corrected chi connectivity index (χ3v) is 2.44. The molecule has 0 spiro atoms. The van der Waals surface area contributed by atoms with E-state index in [1.54, 1.807) is 0 Å². The Morgan fingerprint density at radius 1 is 1.17 bits per heavy atom. The topological polar surface area (TPSA) is 52.0 Å². The Hall–Kier alpha value is -0.0800. The van der Waals surface area contributed by atoms with E-state index in [1.807, 2.05) is 0 Å². The lowest BCUT2D eigenvalue weighted by atomic mass is 9.92. The Kier molecular flexibility index (Phi) is 7.51. The molecule has 0 heterocycles. The molecule has 2 heteroatoms. The molecule has 0 amide bonds. The summed E-state index contributed by atoms with van der Waals surface area (Å²) in [4.78, 5) is 0. The smallest absolute Gasteiger partial charge is 0.00488 e. The second kappa shape index (κ2) is 7.56. The molecule has 0 saturated heterocycles. The fraction of sp³-hybridized carbons (Fsp3) is 1.00. The van der Waals surface area contributed by atoms with Crippen molar-refractivity contribution in [3.63, 3.8) is 0 Å². The molecule has 0 saturated carbocycles. The van der Waals surface area contributed by atoms with Gasteiger partial charge in [-0.05, 0) is 37.8 Å². The van der Waals surface area contributed by atoms with Gasteiger partial charge in [0.2, 0.25) is 0 Å². The van der Waals surface area contributed by atoms with Gasteiger partial charge in [-0.1, -0.05) is 26.7 Å². The molecule has 74 valence electrons. The van der Waals surface area contributed by atoms with Crippen molar-refractivity contribution >= 4 is 0 Å². The van der Waals surface area contributed by atoms with E-state index in [0.717, 1.165) is 13.1 Å². The fourth-order valence-corrected chi connectivity index (χ4v) is 1.49. The first-order chi connectivity index (χ1) is 5.74. The van der Waals surface area contributed by atoms with Crippen LogP contribution in [0.2, 0.25) is 0 Å². The SMILES string of the molecule is CCCCC(CN)CC(C)CN. The molecule has 2 unspecified atom stereocenters. The zero-order valence-electron chi connectivity index (χ0n) is 8.55. The molecule has 0 aliphatic carbocycles. The molecule has 0 aromatic heterocycles. The monoisotopic (exact) mass is 172 g/mol. The molecule has 0 radical (unpaired) electrons. The number of hydrogen-bond acceptors (Lipinski definition) is 2. The third kappa shape index (κ3) is 5.56. The number of rotatable bonds is 7. The Morgan fingerprint density at radius 2 is 1.83 bits per heavy atom. The van der Waals surface area contributed by atoms with E-state index >= 15 is 0 Å². The van der Waals surface area contributed by atoms with Crippen LogP contribution < -0.4 is 11.5 Å². The average Bonchev–Trinajstić information content (AvgIpc) is 2.11. The lowest BCUT2D eigenvalue weighted by Crippen LogP contribution is -2.21. The second-order valence-corrected chi connectivity index (χ2v) is 3.82. The normalized spacial score (nSPS) is 16.0. The largest absolute Gasteiger partial charge is 0.330 e. The molecule has 2 nitrogen and oxygen atoms in total. The Bertz CT molecular complexity index is 93.8. The first-order valence-electron chi connectivity index (χ1n) is 5.14. The molecular weight excluding hydrogens is 148 g/mol. The fourth-order valence-electron chi connectivity index (χ4n) is 1.49. The van der Waals surface area contributed by atoms with Gasteiger partial charge in [-0.15, -0.1) is 0 Å². The molecule has 12 heavy (non-hydrogen) atoms. The molecule has 0 aliphatic heterocycles. The van der Waals surface area contributed by atoms with Crippen molar-refractivity contribution in [2.24, 2.45) is 23.3 Å². The highest BCUT2D eigenvalue weighted by Crippen LogP contribution is 2.16. The second-order valence-electron chi connectivity index (χ2n) is 3.82. The predicted octanol–water partition coefficient (Wildman–Crippen LogP) is 1.74. The summed E-state index contributed by atoms with van der Waals surface area (Å²) >= 11 is 0. The molecule has 0 aliphatic rings. The number of unbranched alkanes of at least 4 members (excludes halogenated alkanes) is 1. The van der Waals surface area contributed by atoms with Crippen LogP contribution in [-0.4, -0.2) is 13.1 Å². The summed E-state index contributed by atoms with van der Waals surface area (Å²) < 4.78 is 0. The number of hydrogen-bond donors (Lipinski definition) is 2. The Labute approximate surface area is 76.7 Å². The van der Waals surface area contributed by atoms with Crippen LogP contribution in [-0.2, 0) is 0 Å². The van der Waals surface area contributed by atoms with Gasteiger partial charge in [-0.2, -0.15) is 0 Å². The van der Waals surface area contributed by atoms with Crippen molar-refractivity contribution in [3.8, 4) is 0 Å². The highest BCUT2D eigenvalue weighted by atomic mass is 14.6. The van der Waals surface area contributed by atoms with Gasteiger partial charge in [0.15, 0.2) is 0 Å². The van der Waals surface area contributed by atoms with Crippen LogP contribution >= 0.6 is 0 Å². The standard InChI is InChI=1S/C10H24N2/c1-3-4-5-10(8-12)6-9(2)7-11/h9-10H,3-8,11-12H2,1-2H3. The van der Waals surface area contributed by atoms with E-state index in [0.29, 0.717) is 11.8 Å². The Balaban J connectivity index is 3.51. The highest BCUT2D eigenvalue weighted by molar-refractivity contribution is 4.64. The lowest BCUT2D eigenvalue weighted by molar-refractivity contribution is 0.372. The van der Waals surface area contributed by atoms with Crippen LogP contribution in [0.5, 0.6) is 0 Å². The van der Waals surface area contributed by atoms with Gasteiger partial charge in [0, 0.05) is 0 Å². The summed E-state index contributed by atoms with van der Waals surface area (Å²) in [5.41, 5.74) is 11.2. The molecular formula is C10H24N2. The third-order valence-electron chi connectivity index (χ3n) is 2.44. The minimum absolute atomic E-state index is 0.635. The number of nitrogens with two attached hydrogens (primary N) is 2. The summed E-state index contributed by atoms with van der Waals surface area (Å²) in [6.07, 6.45) is 5.05. The van der Waals surface area contributed by atoms with Crippen LogP contribution in [0.1, 0.15) is 39.5 Å². The van der Waals surface area contributed by atoms with Crippen molar-refractivity contribution in [1.82, 2.24) is 0 Å². The molecule has 0 bridgehead atoms. The molecule has 0 fully saturated rings. The summed E-state index contributed by atoms with van der Waals surface area (Å²) in [5, 5.41) is 0. The first-order valence-corrected chi connectivity index (χ1v) is 5.14. The van der Waals surface area contributed by atoms with E-state index in [2.05, 4.69) is 13.8 Å². The predicted molar refractivity (Wildman–Crippen MR) is 54.9 cm³/mol. The maximum Gasteiger partial charge on any atom is -0.00488 e. The van der Waals surface area contributed by atoms with Gasteiger partial charge >= 0.3 is 0 Å². The van der Waals surface area contributed by atoms with Crippen LogP contribution in [0.3, 0.4) is 0 Å². The van der Waals surface area contributed by atoms with E-state index in [9.17, 15) is 0 Å². The zero-order valence-corrected chi connectivity index (χ0v) is 8.55. The van der Waals surface area contributed by atoms with Crippen molar-refractivity contribution in [2.75, 3.05) is 13.1 Å². The van der Waals surface area contributed by atoms with E-state index in [1.165, 1.54) is 25.7 Å². The van der Waals surface area contributed by atoms with Crippen molar-refractivity contribution in [1.29, 1.82) is 0 Å². The maximum absolute atomic E-state index is 5.68. The van der Waals surface area contributed by atoms with Gasteiger partial charge in [0.05, 0.1) is 0 Å². The Morgan fingerprint density at radius 3 is 2.25 bits per heavy atom. The maximum atomic E-state index is 5.68. The first kappa shape index (κ1) is 11.9. The van der Waals surface area contributed by atoms with Crippen LogP contribution in [0.25, 0.3) is 0 Å². The molecule has 4 N–H and O–H groups in total. The van der Waals surface area contributed by atoms with Crippen LogP contribution in [0.15, 0.2) is 0 Å². The minimum atomic E-state index is 0.635. The molecule has 2 atom stereocenters. The lowest BCUT2D eigenvalue weighted by Gasteiger charge is -2.17. The van der Waals surface area contributed by atoms with Crippen LogP contribution in [0, 0.1) is 11.8 Å². The van der Waals surface area contributed by atoms with E-state index in [4.69, 9.17) is 11.5 Å². The van der Waals surface area contributed by atoms with Gasteiger partial charge in [-0.3, -0.25) is 0 Å². The summed E-state index contributed by atoms with van der Waals surface area (Å²) in [6.45, 7) is 6.04. The van der Waals surface area contributed by atoms with E-state index < -0.39 is 0 Å². The average molecular weight is 172 g/mol. The summed E-state index contributed by atoms with van der Waals surface area (Å²) in [5.74, 6) is 1.33. The van der Waals surface area contributed by atoms with Crippen molar-refractivity contribution in [2.45, 2.75) is 39.5 Å². The zero-order chi connectivity index (χ0) is 9.40. The molecule has 0 rings (SSSR count). The highest BCUT2D eigenvalue weighted by Gasteiger charge is 2.09. The summed E-state index contributed by atoms with van der Waals surface area (Å²) in [7, 11) is 0. The van der Waals surface area contributed by atoms with Gasteiger partial charge in [0.1, 0.15) is 0 Å². The molecule has 0 aromatic rings. The van der Waals surface area contributed by atoms with Crippen molar-refractivity contribution in [3.05, 3.63) is 0 Å². The quantitative estimate of drug-likeness (QED) is 0.614. The van der Waals surface area contributed by atoms with Crippen LogP contribution in [0.4, 0.5) is 0 Å².